The van der Waals surface area contributed by atoms with Crippen LogP contribution in [0.25, 0.3) is 0 Å². The van der Waals surface area contributed by atoms with Crippen LogP contribution in [0.15, 0.2) is 18.2 Å². The van der Waals surface area contributed by atoms with Gasteiger partial charge in [-0.25, -0.2) is 0 Å². The highest BCUT2D eigenvalue weighted by Gasteiger charge is 2.35. The van der Waals surface area contributed by atoms with Gasteiger partial charge >= 0.3 is 0 Å². The molecule has 0 unspecified atom stereocenters. The zero-order chi connectivity index (χ0) is 14.9. The first-order valence-electron chi connectivity index (χ1n) is 7.24. The summed E-state index contributed by atoms with van der Waals surface area (Å²) >= 11 is 0. The van der Waals surface area contributed by atoms with Gasteiger partial charge in [0.1, 0.15) is 0 Å². The van der Waals surface area contributed by atoms with Gasteiger partial charge < -0.3 is 20.1 Å². The molecule has 1 aromatic carbocycles. The van der Waals surface area contributed by atoms with E-state index in [1.165, 1.54) is 0 Å². The Kier molecular flexibility index (Phi) is 3.73. The number of nitrogens with zero attached hydrogens (tertiary/aromatic N) is 1. The van der Waals surface area contributed by atoms with Crippen molar-refractivity contribution in [3.8, 4) is 11.5 Å². The minimum absolute atomic E-state index is 0.0109. The third kappa shape index (κ3) is 2.82. The number of carbonyl (C=O) groups excluding carboxylic acids is 1. The average molecular weight is 291 g/mol. The number of carbonyl (C=O) groups is 1. The Morgan fingerprint density at radius 1 is 1.24 bits per heavy atom. The van der Waals surface area contributed by atoms with E-state index in [2.05, 4.69) is 15.5 Å². The number of nitrogens with one attached hydrogen (secondary N) is 2. The van der Waals surface area contributed by atoms with Crippen molar-refractivity contribution in [3.05, 3.63) is 18.2 Å². The lowest BCUT2D eigenvalue weighted by Crippen LogP contribution is -2.58. The average Bonchev–Trinajstić information content (AvgIpc) is 2.95. The van der Waals surface area contributed by atoms with Crippen molar-refractivity contribution in [3.63, 3.8) is 0 Å². The first-order valence-corrected chi connectivity index (χ1v) is 7.24. The summed E-state index contributed by atoms with van der Waals surface area (Å²) in [5.74, 6) is 1.38. The van der Waals surface area contributed by atoms with E-state index in [1.54, 1.807) is 6.07 Å². The van der Waals surface area contributed by atoms with Crippen LogP contribution >= 0.6 is 0 Å². The Morgan fingerprint density at radius 2 is 1.95 bits per heavy atom. The molecule has 1 fully saturated rings. The third-order valence-electron chi connectivity index (χ3n) is 4.09. The quantitative estimate of drug-likeness (QED) is 0.871. The summed E-state index contributed by atoms with van der Waals surface area (Å²) < 4.78 is 10.6. The standard InChI is InChI=1S/C15H21N3O3/c1-15(2,18-7-5-16-6-8-18)14(19)17-11-3-4-12-13(9-11)21-10-20-12/h3-4,9,16H,5-8,10H2,1-2H3,(H,17,19). The fourth-order valence-electron chi connectivity index (χ4n) is 2.63. The fourth-order valence-corrected chi connectivity index (χ4v) is 2.63. The summed E-state index contributed by atoms with van der Waals surface area (Å²) in [6.07, 6.45) is 0. The molecule has 6 nitrogen and oxygen atoms in total. The van der Waals surface area contributed by atoms with Crippen molar-refractivity contribution in [1.29, 1.82) is 0 Å². The number of piperazine rings is 1. The second kappa shape index (κ2) is 5.54. The zero-order valence-corrected chi connectivity index (χ0v) is 12.4. The maximum Gasteiger partial charge on any atom is 0.244 e. The van der Waals surface area contributed by atoms with E-state index in [9.17, 15) is 4.79 Å². The summed E-state index contributed by atoms with van der Waals surface area (Å²) in [4.78, 5) is 14.8. The molecule has 0 aliphatic carbocycles. The SMILES string of the molecule is CC(C)(C(=O)Nc1ccc2c(c1)OCO2)N1CCNCC1. The van der Waals surface area contributed by atoms with Gasteiger partial charge in [-0.2, -0.15) is 0 Å². The highest BCUT2D eigenvalue weighted by Crippen LogP contribution is 2.34. The number of amides is 1. The van der Waals surface area contributed by atoms with Crippen LogP contribution < -0.4 is 20.1 Å². The molecule has 2 aliphatic rings. The van der Waals surface area contributed by atoms with Gasteiger partial charge in [-0.3, -0.25) is 9.69 Å². The summed E-state index contributed by atoms with van der Waals surface area (Å²) in [7, 11) is 0. The zero-order valence-electron chi connectivity index (χ0n) is 12.4. The second-order valence-corrected chi connectivity index (χ2v) is 5.82. The molecule has 3 rings (SSSR count). The molecule has 0 atom stereocenters. The highest BCUT2D eigenvalue weighted by atomic mass is 16.7. The Labute approximate surface area is 124 Å². The maximum atomic E-state index is 12.6. The highest BCUT2D eigenvalue weighted by molar-refractivity contribution is 5.97. The molecule has 2 aliphatic heterocycles. The Hall–Kier alpha value is -1.79. The van der Waals surface area contributed by atoms with Crippen molar-refractivity contribution in [1.82, 2.24) is 10.2 Å². The van der Waals surface area contributed by atoms with Crippen LogP contribution in [0.4, 0.5) is 5.69 Å². The van der Waals surface area contributed by atoms with Gasteiger partial charge in [0.05, 0.1) is 5.54 Å². The van der Waals surface area contributed by atoms with Crippen molar-refractivity contribution in [2.45, 2.75) is 19.4 Å². The molecule has 114 valence electrons. The molecular formula is C15H21N3O3. The van der Waals surface area contributed by atoms with Crippen LogP contribution in [-0.4, -0.2) is 49.3 Å². The summed E-state index contributed by atoms with van der Waals surface area (Å²) in [5, 5.41) is 6.27. The number of rotatable bonds is 3. The van der Waals surface area contributed by atoms with E-state index in [1.807, 2.05) is 26.0 Å². The Morgan fingerprint density at radius 3 is 2.71 bits per heavy atom. The van der Waals surface area contributed by atoms with Gasteiger partial charge in [0.25, 0.3) is 0 Å². The molecule has 0 spiro atoms. The number of anilines is 1. The van der Waals surface area contributed by atoms with E-state index in [-0.39, 0.29) is 12.7 Å². The van der Waals surface area contributed by atoms with Gasteiger partial charge in [-0.15, -0.1) is 0 Å². The lowest BCUT2D eigenvalue weighted by Gasteiger charge is -2.39. The number of fused-ring (bicyclic) bond motifs is 1. The van der Waals surface area contributed by atoms with Gasteiger partial charge in [0.15, 0.2) is 11.5 Å². The molecular weight excluding hydrogens is 270 g/mol. The van der Waals surface area contributed by atoms with Gasteiger partial charge in [0, 0.05) is 37.9 Å². The fraction of sp³-hybridized carbons (Fsp3) is 0.533. The van der Waals surface area contributed by atoms with E-state index in [4.69, 9.17) is 9.47 Å². The molecule has 1 saturated heterocycles. The summed E-state index contributed by atoms with van der Waals surface area (Å²) in [6.45, 7) is 7.74. The first kappa shape index (κ1) is 14.2. The van der Waals surface area contributed by atoms with E-state index < -0.39 is 5.54 Å². The van der Waals surface area contributed by atoms with Crippen LogP contribution in [0.5, 0.6) is 11.5 Å². The van der Waals surface area contributed by atoms with Crippen LogP contribution in [0.1, 0.15) is 13.8 Å². The van der Waals surface area contributed by atoms with E-state index in [0.29, 0.717) is 5.75 Å². The molecule has 1 amide bonds. The predicted molar refractivity (Wildman–Crippen MR) is 79.7 cm³/mol. The first-order chi connectivity index (χ1) is 10.1. The van der Waals surface area contributed by atoms with Crippen molar-refractivity contribution >= 4 is 11.6 Å². The van der Waals surface area contributed by atoms with Crippen LogP contribution in [0, 0.1) is 0 Å². The molecule has 0 aromatic heterocycles. The lowest BCUT2D eigenvalue weighted by atomic mass is 10.0. The Bertz CT molecular complexity index is 539. The molecule has 1 aromatic rings. The number of hydrogen-bond donors (Lipinski definition) is 2. The Balaban J connectivity index is 1.70. The summed E-state index contributed by atoms with van der Waals surface area (Å²) in [6, 6.07) is 5.45. The molecule has 0 bridgehead atoms. The van der Waals surface area contributed by atoms with Crippen LogP contribution in [0.2, 0.25) is 0 Å². The molecule has 0 radical (unpaired) electrons. The largest absolute Gasteiger partial charge is 0.454 e. The lowest BCUT2D eigenvalue weighted by molar-refractivity contribution is -0.126. The van der Waals surface area contributed by atoms with Gasteiger partial charge in [0.2, 0.25) is 12.7 Å². The minimum atomic E-state index is -0.543. The molecule has 21 heavy (non-hydrogen) atoms. The maximum absolute atomic E-state index is 12.6. The van der Waals surface area contributed by atoms with Crippen LogP contribution in [-0.2, 0) is 4.79 Å². The van der Waals surface area contributed by atoms with Crippen LogP contribution in [0.3, 0.4) is 0 Å². The predicted octanol–water partition coefficient (Wildman–Crippen LogP) is 1.04. The van der Waals surface area contributed by atoms with Gasteiger partial charge in [-0.1, -0.05) is 0 Å². The second-order valence-electron chi connectivity index (χ2n) is 5.82. The third-order valence-corrected chi connectivity index (χ3v) is 4.09. The van der Waals surface area contributed by atoms with Crippen molar-refractivity contribution in [2.24, 2.45) is 0 Å². The molecule has 0 saturated carbocycles. The summed E-state index contributed by atoms with van der Waals surface area (Å²) in [5.41, 5.74) is 0.186. The van der Waals surface area contributed by atoms with Crippen molar-refractivity contribution in [2.75, 3.05) is 38.3 Å². The van der Waals surface area contributed by atoms with Gasteiger partial charge in [-0.05, 0) is 26.0 Å². The van der Waals surface area contributed by atoms with E-state index in [0.717, 1.165) is 37.6 Å². The molecule has 2 N–H and O–H groups in total. The monoisotopic (exact) mass is 291 g/mol. The smallest absolute Gasteiger partial charge is 0.244 e. The normalized spacial score (nSPS) is 18.6. The van der Waals surface area contributed by atoms with E-state index >= 15 is 0 Å². The molecule has 2 heterocycles. The van der Waals surface area contributed by atoms with Crippen molar-refractivity contribution < 1.29 is 14.3 Å². The topological polar surface area (TPSA) is 62.8 Å². The molecule has 6 heteroatoms. The minimum Gasteiger partial charge on any atom is -0.454 e. The number of ether oxygens (including phenoxy) is 2. The number of benzene rings is 1. The number of hydrogen-bond acceptors (Lipinski definition) is 5.